The van der Waals surface area contributed by atoms with Gasteiger partial charge >= 0.3 is 15.3 Å². The van der Waals surface area contributed by atoms with E-state index in [0.717, 1.165) is 5.06 Å². The first-order valence-electron chi connectivity index (χ1n) is 5.92. The summed E-state index contributed by atoms with van der Waals surface area (Å²) in [6.45, 7) is 5.20. The second kappa shape index (κ2) is 4.91. The van der Waals surface area contributed by atoms with E-state index in [2.05, 4.69) is 0 Å². The zero-order valence-electron chi connectivity index (χ0n) is 11.3. The number of rotatable bonds is 2. The molecule has 0 aromatic heterocycles. The van der Waals surface area contributed by atoms with Crippen LogP contribution in [0.2, 0.25) is 0 Å². The lowest BCUT2D eigenvalue weighted by molar-refractivity contribution is -0.177. The summed E-state index contributed by atoms with van der Waals surface area (Å²) in [4.78, 5) is 17.8. The van der Waals surface area contributed by atoms with Crippen LogP contribution in [0.1, 0.15) is 32.6 Å². The van der Waals surface area contributed by atoms with Gasteiger partial charge in [-0.05, 0) is 20.8 Å². The number of urea groups is 1. The number of hydroxylamine groups is 2. The van der Waals surface area contributed by atoms with E-state index in [-0.39, 0.29) is 0 Å². The Morgan fingerprint density at radius 3 is 2.20 bits per heavy atom. The van der Waals surface area contributed by atoms with Gasteiger partial charge in [0.05, 0.1) is 5.54 Å². The molecule has 0 N–H and O–H groups in total. The quantitative estimate of drug-likeness (QED) is 0.786. The molecule has 1 fully saturated rings. The summed E-state index contributed by atoms with van der Waals surface area (Å²) >= 11 is 0. The van der Waals surface area contributed by atoms with E-state index in [0.29, 0.717) is 9.87 Å². The van der Waals surface area contributed by atoms with Gasteiger partial charge < -0.3 is 0 Å². The van der Waals surface area contributed by atoms with Gasteiger partial charge in [-0.15, -0.1) is 0 Å². The summed E-state index contributed by atoms with van der Waals surface area (Å²) in [5.41, 5.74) is -0.169. The van der Waals surface area contributed by atoms with Crippen LogP contribution in [0.5, 0.6) is 0 Å². The highest BCUT2D eigenvalue weighted by Gasteiger charge is 2.49. The molecule has 1 heterocycles. The Labute approximate surface area is 122 Å². The van der Waals surface area contributed by atoms with E-state index in [1.165, 1.54) is 0 Å². The van der Waals surface area contributed by atoms with Gasteiger partial charge in [-0.2, -0.15) is 17.8 Å². The van der Waals surface area contributed by atoms with Crippen molar-refractivity contribution in [2.24, 2.45) is 0 Å². The van der Waals surface area contributed by atoms with E-state index in [4.69, 9.17) is 15.5 Å². The molecule has 0 bridgehead atoms. The monoisotopic (exact) mass is 318 g/mol. The van der Waals surface area contributed by atoms with E-state index >= 15 is 0 Å². The fourth-order valence-corrected chi connectivity index (χ4v) is 2.89. The molecule has 1 aliphatic heterocycles. The molecule has 8 heteroatoms. The second-order valence-electron chi connectivity index (χ2n) is 5.35. The maximum atomic E-state index is 12.2. The molecule has 0 radical (unpaired) electrons. The molecule has 2 rings (SSSR count). The number of halogens is 1. The Hall–Kier alpha value is -1.31. The van der Waals surface area contributed by atoms with Crippen molar-refractivity contribution in [3.63, 3.8) is 0 Å². The topological polar surface area (TPSA) is 66.9 Å². The highest BCUT2D eigenvalue weighted by atomic mass is 35.7. The molecule has 0 saturated carbocycles. The molecule has 0 aliphatic carbocycles. The van der Waals surface area contributed by atoms with Crippen molar-refractivity contribution in [3.05, 3.63) is 35.9 Å². The van der Waals surface area contributed by atoms with Crippen molar-refractivity contribution < 1.29 is 18.0 Å². The van der Waals surface area contributed by atoms with Crippen LogP contribution >= 0.6 is 10.7 Å². The van der Waals surface area contributed by atoms with Crippen molar-refractivity contribution in [2.45, 2.75) is 32.5 Å². The SMILES string of the molecule is CC(C)(C)N1OC(c2ccccc2)N(S(=O)(=O)Cl)C1=O. The Morgan fingerprint density at radius 1 is 1.20 bits per heavy atom. The molecular formula is C12H15ClN2O4S. The normalized spacial score (nSPS) is 20.6. The number of hydrogen-bond donors (Lipinski definition) is 0. The van der Waals surface area contributed by atoms with Gasteiger partial charge in [0.1, 0.15) is 0 Å². The predicted molar refractivity (Wildman–Crippen MR) is 73.9 cm³/mol. The first kappa shape index (κ1) is 15.1. The van der Waals surface area contributed by atoms with E-state index in [1.807, 2.05) is 0 Å². The average Bonchev–Trinajstić information content (AvgIpc) is 2.67. The summed E-state index contributed by atoms with van der Waals surface area (Å²) in [5, 5.41) is 1.02. The van der Waals surface area contributed by atoms with E-state index in [1.54, 1.807) is 51.1 Å². The molecule has 1 aromatic rings. The highest BCUT2D eigenvalue weighted by Crippen LogP contribution is 2.37. The molecular weight excluding hydrogens is 304 g/mol. The minimum absolute atomic E-state index is 0.525. The smallest absolute Gasteiger partial charge is 0.245 e. The summed E-state index contributed by atoms with van der Waals surface area (Å²) in [7, 11) is 1.11. The van der Waals surface area contributed by atoms with Gasteiger partial charge in [-0.25, -0.2) is 9.63 Å². The Kier molecular flexibility index (Phi) is 3.70. The molecule has 2 amide bonds. The Morgan fingerprint density at radius 2 is 1.75 bits per heavy atom. The largest absolute Gasteiger partial charge is 0.361 e. The van der Waals surface area contributed by atoms with Crippen LogP contribution in [0.15, 0.2) is 30.3 Å². The van der Waals surface area contributed by atoms with Crippen molar-refractivity contribution in [2.75, 3.05) is 0 Å². The van der Waals surface area contributed by atoms with Crippen LogP contribution < -0.4 is 0 Å². The maximum absolute atomic E-state index is 12.2. The molecule has 1 aliphatic rings. The van der Waals surface area contributed by atoms with E-state index in [9.17, 15) is 13.2 Å². The molecule has 1 unspecified atom stereocenters. The molecule has 110 valence electrons. The van der Waals surface area contributed by atoms with Gasteiger partial charge in [-0.3, -0.25) is 0 Å². The van der Waals surface area contributed by atoms with Crippen molar-refractivity contribution in [3.8, 4) is 0 Å². The lowest BCUT2D eigenvalue weighted by Gasteiger charge is -2.28. The minimum atomic E-state index is -4.25. The average molecular weight is 319 g/mol. The number of benzene rings is 1. The van der Waals surface area contributed by atoms with E-state index < -0.39 is 27.0 Å². The van der Waals surface area contributed by atoms with Crippen LogP contribution in [-0.2, 0) is 14.1 Å². The van der Waals surface area contributed by atoms with Crippen LogP contribution in [-0.4, -0.2) is 29.4 Å². The number of hydrogen-bond acceptors (Lipinski definition) is 4. The van der Waals surface area contributed by atoms with Gasteiger partial charge in [0, 0.05) is 16.2 Å². The molecule has 0 spiro atoms. The van der Waals surface area contributed by atoms with Crippen molar-refractivity contribution in [1.29, 1.82) is 0 Å². The minimum Gasteiger partial charge on any atom is -0.245 e. The first-order valence-corrected chi connectivity index (χ1v) is 8.19. The van der Waals surface area contributed by atoms with Crippen molar-refractivity contribution >= 4 is 26.0 Å². The summed E-state index contributed by atoms with van der Waals surface area (Å²) < 4.78 is 23.9. The number of amides is 2. The van der Waals surface area contributed by atoms with Crippen LogP contribution in [0.3, 0.4) is 0 Å². The Balaban J connectivity index is 2.48. The first-order chi connectivity index (χ1) is 9.12. The third kappa shape index (κ3) is 2.74. The number of carbonyl (C=O) groups excluding carboxylic acids is 1. The van der Waals surface area contributed by atoms with Gasteiger partial charge in [-0.1, -0.05) is 30.3 Å². The molecule has 1 aromatic carbocycles. The van der Waals surface area contributed by atoms with Gasteiger partial charge in [0.2, 0.25) is 6.23 Å². The molecule has 1 atom stereocenters. The van der Waals surface area contributed by atoms with Gasteiger partial charge in [0.25, 0.3) is 0 Å². The Bertz CT molecular complexity index is 612. The standard InChI is InChI=1S/C12H15ClN2O4S/c1-12(2,3)15-11(16)14(20(13,17)18)10(19-15)9-7-5-4-6-8-9/h4-8,10H,1-3H3. The predicted octanol–water partition coefficient (Wildman–Crippen LogP) is 2.64. The molecule has 20 heavy (non-hydrogen) atoms. The van der Waals surface area contributed by atoms with Crippen LogP contribution in [0.4, 0.5) is 4.79 Å². The lowest BCUT2D eigenvalue weighted by Crippen LogP contribution is -2.44. The maximum Gasteiger partial charge on any atom is 0.361 e. The third-order valence-corrected chi connectivity index (χ3v) is 3.97. The summed E-state index contributed by atoms with van der Waals surface area (Å²) in [5.74, 6) is 0. The summed E-state index contributed by atoms with van der Waals surface area (Å²) in [6.07, 6.45) is -1.09. The van der Waals surface area contributed by atoms with Crippen molar-refractivity contribution in [1.82, 2.24) is 9.37 Å². The number of carbonyl (C=O) groups is 1. The number of nitrogens with zero attached hydrogens (tertiary/aromatic N) is 2. The third-order valence-electron chi connectivity index (χ3n) is 2.71. The van der Waals surface area contributed by atoms with Crippen LogP contribution in [0.25, 0.3) is 0 Å². The second-order valence-corrected chi connectivity index (χ2v) is 7.74. The summed E-state index contributed by atoms with van der Waals surface area (Å²) in [6, 6.07) is 7.75. The van der Waals surface area contributed by atoms with Gasteiger partial charge in [0.15, 0.2) is 0 Å². The zero-order valence-corrected chi connectivity index (χ0v) is 12.9. The zero-order chi connectivity index (χ0) is 15.1. The fraction of sp³-hybridized carbons (Fsp3) is 0.417. The lowest BCUT2D eigenvalue weighted by atomic mass is 10.1. The highest BCUT2D eigenvalue weighted by molar-refractivity contribution is 8.12. The van der Waals surface area contributed by atoms with Crippen LogP contribution in [0, 0.1) is 0 Å². The fourth-order valence-electron chi connectivity index (χ4n) is 1.84. The molecule has 1 saturated heterocycles. The molecule has 6 nitrogen and oxygen atoms in total.